The Bertz CT molecular complexity index is 1300. The van der Waals surface area contributed by atoms with Crippen molar-refractivity contribution in [1.29, 1.82) is 0 Å². The molecule has 0 aromatic heterocycles. The van der Waals surface area contributed by atoms with Gasteiger partial charge in [0.05, 0.1) is 21.3 Å². The van der Waals surface area contributed by atoms with Crippen LogP contribution in [0.3, 0.4) is 0 Å². The van der Waals surface area contributed by atoms with Crippen LogP contribution < -0.4 is 14.2 Å². The van der Waals surface area contributed by atoms with Crippen LogP contribution in [0.5, 0.6) is 17.2 Å². The van der Waals surface area contributed by atoms with E-state index in [2.05, 4.69) is 0 Å². The number of rotatable bonds is 8. The Morgan fingerprint density at radius 2 is 1.66 bits per heavy atom. The van der Waals surface area contributed by atoms with Crippen molar-refractivity contribution in [3.63, 3.8) is 0 Å². The molecule has 1 unspecified atom stereocenters. The lowest BCUT2D eigenvalue weighted by molar-refractivity contribution is -0.131. The van der Waals surface area contributed by atoms with Crippen molar-refractivity contribution in [2.24, 2.45) is 0 Å². The fourth-order valence-electron chi connectivity index (χ4n) is 4.24. The van der Waals surface area contributed by atoms with Gasteiger partial charge in [-0.15, -0.1) is 0 Å². The number of carbonyl (C=O) groups is 2. The van der Waals surface area contributed by atoms with Gasteiger partial charge in [-0.05, 0) is 59.7 Å². The van der Waals surface area contributed by atoms with Crippen LogP contribution >= 0.6 is 0 Å². The van der Waals surface area contributed by atoms with Gasteiger partial charge in [-0.3, -0.25) is 9.59 Å². The Kier molecular flexibility index (Phi) is 6.46. The molecule has 8 heteroatoms. The maximum atomic E-state index is 14.1. The summed E-state index contributed by atoms with van der Waals surface area (Å²) in [5, 5.41) is 10.6. The van der Waals surface area contributed by atoms with Crippen LogP contribution in [0.2, 0.25) is 0 Å². The third kappa shape index (κ3) is 4.19. The van der Waals surface area contributed by atoms with Gasteiger partial charge < -0.3 is 24.2 Å². The molecule has 3 aromatic rings. The zero-order valence-electron chi connectivity index (χ0n) is 19.4. The van der Waals surface area contributed by atoms with Gasteiger partial charge in [0.1, 0.15) is 11.6 Å². The van der Waals surface area contributed by atoms with Crippen LogP contribution in [0.4, 0.5) is 4.39 Å². The number of nitrogens with zero attached hydrogens (tertiary/aromatic N) is 1. The predicted octanol–water partition coefficient (Wildman–Crippen LogP) is 4.41. The summed E-state index contributed by atoms with van der Waals surface area (Å²) in [5.74, 6) is -0.979. The number of carbonyl (C=O) groups excluding carboxylic acids is 2. The van der Waals surface area contributed by atoms with Gasteiger partial charge in [0.25, 0.3) is 5.91 Å². The van der Waals surface area contributed by atoms with Gasteiger partial charge in [-0.1, -0.05) is 18.2 Å². The maximum Gasteiger partial charge on any atom is 0.290 e. The van der Waals surface area contributed by atoms with Gasteiger partial charge in [0, 0.05) is 18.2 Å². The number of benzene rings is 3. The zero-order valence-corrected chi connectivity index (χ0v) is 19.4. The standard InChI is InChI=1S/C27H24FNO6/c1-33-21-6-4-5-17(13-21)16-29-26(32)22(30)15-27(29,25(31)18-7-10-20(28)11-8-18)19-9-12-23(34-2)24(14-19)35-3/h4-15,30H,16H2,1-3H3. The highest BCUT2D eigenvalue weighted by atomic mass is 19.1. The van der Waals surface area contributed by atoms with E-state index in [9.17, 15) is 19.1 Å². The Balaban J connectivity index is 1.93. The normalized spacial score (nSPS) is 17.2. The van der Waals surface area contributed by atoms with E-state index in [4.69, 9.17) is 14.2 Å². The number of ether oxygens (including phenoxy) is 3. The number of hydrogen-bond donors (Lipinski definition) is 1. The molecule has 0 aliphatic carbocycles. The summed E-state index contributed by atoms with van der Waals surface area (Å²) in [6.07, 6.45) is 1.22. The van der Waals surface area contributed by atoms with E-state index in [1.807, 2.05) is 0 Å². The van der Waals surface area contributed by atoms with Crippen LogP contribution in [0.1, 0.15) is 21.5 Å². The molecule has 0 spiro atoms. The highest BCUT2D eigenvalue weighted by Gasteiger charge is 2.52. The maximum absolute atomic E-state index is 14.1. The minimum Gasteiger partial charge on any atom is -0.503 e. The molecular formula is C27H24FNO6. The zero-order chi connectivity index (χ0) is 25.2. The number of ketones is 1. The van der Waals surface area contributed by atoms with Crippen molar-refractivity contribution in [1.82, 2.24) is 4.90 Å². The molecule has 0 radical (unpaired) electrons. The molecular weight excluding hydrogens is 453 g/mol. The molecule has 1 heterocycles. The van der Waals surface area contributed by atoms with Crippen molar-refractivity contribution in [2.45, 2.75) is 12.1 Å². The second-order valence-corrected chi connectivity index (χ2v) is 7.94. The lowest BCUT2D eigenvalue weighted by atomic mass is 9.81. The van der Waals surface area contributed by atoms with Crippen LogP contribution in [-0.4, -0.2) is 43.0 Å². The van der Waals surface area contributed by atoms with Gasteiger partial charge in [-0.25, -0.2) is 4.39 Å². The second kappa shape index (κ2) is 9.50. The largest absolute Gasteiger partial charge is 0.503 e. The summed E-state index contributed by atoms with van der Waals surface area (Å²) < 4.78 is 29.7. The molecule has 7 nitrogen and oxygen atoms in total. The number of aliphatic hydroxyl groups excluding tert-OH is 1. The average Bonchev–Trinajstić information content (AvgIpc) is 3.14. The van der Waals surface area contributed by atoms with E-state index in [0.717, 1.165) is 0 Å². The van der Waals surface area contributed by atoms with E-state index >= 15 is 0 Å². The average molecular weight is 477 g/mol. The Hall–Kier alpha value is -4.33. The molecule has 0 fully saturated rings. The second-order valence-electron chi connectivity index (χ2n) is 7.94. The van der Waals surface area contributed by atoms with Crippen molar-refractivity contribution in [3.8, 4) is 17.2 Å². The molecule has 1 aliphatic heterocycles. The van der Waals surface area contributed by atoms with E-state index in [0.29, 0.717) is 28.4 Å². The van der Waals surface area contributed by atoms with E-state index < -0.39 is 28.8 Å². The highest BCUT2D eigenvalue weighted by molar-refractivity contribution is 6.11. The summed E-state index contributed by atoms with van der Waals surface area (Å²) >= 11 is 0. The number of hydrogen-bond acceptors (Lipinski definition) is 6. The fourth-order valence-corrected chi connectivity index (χ4v) is 4.24. The SMILES string of the molecule is COc1cccc(CN2C(=O)C(O)=CC2(C(=O)c2ccc(F)cc2)c2ccc(OC)c(OC)c2)c1. The summed E-state index contributed by atoms with van der Waals surface area (Å²) in [5.41, 5.74) is -0.528. The topological polar surface area (TPSA) is 85.3 Å². The Morgan fingerprint density at radius 3 is 2.31 bits per heavy atom. The molecule has 180 valence electrons. The van der Waals surface area contributed by atoms with Crippen molar-refractivity contribution in [2.75, 3.05) is 21.3 Å². The van der Waals surface area contributed by atoms with Gasteiger partial charge >= 0.3 is 0 Å². The minimum absolute atomic E-state index is 0.0160. The summed E-state index contributed by atoms with van der Waals surface area (Å²) in [7, 11) is 4.47. The van der Waals surface area contributed by atoms with E-state index in [1.165, 1.54) is 56.6 Å². The summed E-state index contributed by atoms with van der Waals surface area (Å²) in [6, 6.07) is 16.9. The molecule has 4 rings (SSSR count). The number of halogens is 1. The molecule has 3 aromatic carbocycles. The van der Waals surface area contributed by atoms with Crippen LogP contribution in [-0.2, 0) is 16.9 Å². The van der Waals surface area contributed by atoms with Crippen LogP contribution in [0.15, 0.2) is 78.6 Å². The first-order valence-electron chi connectivity index (χ1n) is 10.7. The lowest BCUT2D eigenvalue weighted by Gasteiger charge is -2.37. The Morgan fingerprint density at radius 1 is 0.943 bits per heavy atom. The number of methoxy groups -OCH3 is 3. The lowest BCUT2D eigenvalue weighted by Crippen LogP contribution is -2.49. The molecule has 1 atom stereocenters. The van der Waals surface area contributed by atoms with Crippen LogP contribution in [0, 0.1) is 5.82 Å². The number of Topliss-reactive ketones (excluding diaryl/α,β-unsaturated/α-hetero) is 1. The predicted molar refractivity (Wildman–Crippen MR) is 126 cm³/mol. The first kappa shape index (κ1) is 23.8. The smallest absolute Gasteiger partial charge is 0.290 e. The van der Waals surface area contributed by atoms with Gasteiger partial charge in [-0.2, -0.15) is 0 Å². The van der Waals surface area contributed by atoms with E-state index in [-0.39, 0.29) is 12.1 Å². The van der Waals surface area contributed by atoms with Crippen molar-refractivity contribution in [3.05, 3.63) is 101 Å². The first-order valence-corrected chi connectivity index (χ1v) is 10.7. The first-order chi connectivity index (χ1) is 16.8. The molecule has 1 aliphatic rings. The van der Waals surface area contributed by atoms with Crippen molar-refractivity contribution < 1.29 is 33.3 Å². The summed E-state index contributed by atoms with van der Waals surface area (Å²) in [6.45, 7) is -0.0160. The third-order valence-corrected chi connectivity index (χ3v) is 5.99. The number of aliphatic hydroxyl groups is 1. The molecule has 0 saturated heterocycles. The molecule has 1 amide bonds. The van der Waals surface area contributed by atoms with Gasteiger partial charge in [0.2, 0.25) is 0 Å². The molecule has 0 bridgehead atoms. The number of amides is 1. The fraction of sp³-hybridized carbons (Fsp3) is 0.185. The summed E-state index contributed by atoms with van der Waals surface area (Å²) in [4.78, 5) is 28.6. The minimum atomic E-state index is -1.73. The Labute approximate surface area is 202 Å². The molecule has 35 heavy (non-hydrogen) atoms. The molecule has 1 N–H and O–H groups in total. The molecule has 0 saturated carbocycles. The highest BCUT2D eigenvalue weighted by Crippen LogP contribution is 2.44. The van der Waals surface area contributed by atoms with Crippen molar-refractivity contribution >= 4 is 11.7 Å². The van der Waals surface area contributed by atoms with E-state index in [1.54, 1.807) is 42.5 Å². The van der Waals surface area contributed by atoms with Crippen LogP contribution in [0.25, 0.3) is 0 Å². The monoisotopic (exact) mass is 477 g/mol. The third-order valence-electron chi connectivity index (χ3n) is 5.99. The quantitative estimate of drug-likeness (QED) is 0.484. The van der Waals surface area contributed by atoms with Gasteiger partial charge in [0.15, 0.2) is 28.6 Å².